The van der Waals surface area contributed by atoms with Crippen LogP contribution >= 0.6 is 0 Å². The molecule has 3 aliphatic rings. The number of hydrogen-bond acceptors (Lipinski definition) is 8. The van der Waals surface area contributed by atoms with Crippen LogP contribution in [0.1, 0.15) is 69.4 Å². The maximum Gasteiger partial charge on any atom is 0.234 e. The van der Waals surface area contributed by atoms with Gasteiger partial charge in [0, 0.05) is 56.2 Å². The predicted octanol–water partition coefficient (Wildman–Crippen LogP) is 3.06. The molecule has 0 aromatic carbocycles. The van der Waals surface area contributed by atoms with Crippen molar-refractivity contribution < 1.29 is 9.53 Å². The Morgan fingerprint density at radius 3 is 2.63 bits per heavy atom. The van der Waals surface area contributed by atoms with Gasteiger partial charge in [0.2, 0.25) is 11.9 Å². The topological polar surface area (TPSA) is 111 Å². The first-order chi connectivity index (χ1) is 17.0. The highest BCUT2D eigenvalue weighted by atomic mass is 16.5. The van der Waals surface area contributed by atoms with Crippen LogP contribution in [0.15, 0.2) is 12.1 Å². The van der Waals surface area contributed by atoms with Crippen LogP contribution in [0.5, 0.6) is 0 Å². The summed E-state index contributed by atoms with van der Waals surface area (Å²) in [7, 11) is 2.11. The molecule has 190 valence electrons. The Labute approximate surface area is 207 Å². The van der Waals surface area contributed by atoms with Crippen molar-refractivity contribution >= 4 is 23.5 Å². The molecule has 3 aliphatic heterocycles. The van der Waals surface area contributed by atoms with Gasteiger partial charge in [0.25, 0.3) is 0 Å². The second-order valence-electron chi connectivity index (χ2n) is 10.1. The summed E-state index contributed by atoms with van der Waals surface area (Å²) in [6.45, 7) is 5.90. The van der Waals surface area contributed by atoms with Crippen molar-refractivity contribution in [2.24, 2.45) is 0 Å². The van der Waals surface area contributed by atoms with Crippen molar-refractivity contribution in [1.29, 1.82) is 0 Å². The summed E-state index contributed by atoms with van der Waals surface area (Å²) >= 11 is 0. The molecular weight excluding hydrogens is 444 g/mol. The lowest BCUT2D eigenvalue weighted by Crippen LogP contribution is -2.58. The van der Waals surface area contributed by atoms with Crippen molar-refractivity contribution in [2.45, 2.75) is 83.0 Å². The van der Waals surface area contributed by atoms with Crippen molar-refractivity contribution in [1.82, 2.24) is 30.4 Å². The number of aromatic amines is 1. The van der Waals surface area contributed by atoms with Crippen LogP contribution in [0.2, 0.25) is 0 Å². The zero-order chi connectivity index (χ0) is 24.4. The Morgan fingerprint density at radius 1 is 1.17 bits per heavy atom. The van der Waals surface area contributed by atoms with Crippen LogP contribution in [-0.2, 0) is 9.53 Å². The molecule has 3 fully saturated rings. The van der Waals surface area contributed by atoms with Crippen molar-refractivity contribution in [3.8, 4) is 0 Å². The van der Waals surface area contributed by atoms with E-state index in [1.165, 1.54) is 6.42 Å². The van der Waals surface area contributed by atoms with Crippen LogP contribution in [0.3, 0.4) is 0 Å². The van der Waals surface area contributed by atoms with Crippen LogP contribution < -0.4 is 15.5 Å². The number of amides is 1. The van der Waals surface area contributed by atoms with Gasteiger partial charge in [-0.1, -0.05) is 6.42 Å². The van der Waals surface area contributed by atoms with Gasteiger partial charge in [-0.3, -0.25) is 14.8 Å². The number of anilines is 3. The van der Waals surface area contributed by atoms with Crippen molar-refractivity contribution in [3.63, 3.8) is 0 Å². The molecule has 3 saturated heterocycles. The van der Waals surface area contributed by atoms with Gasteiger partial charge in [0.15, 0.2) is 5.82 Å². The maximum atomic E-state index is 12.3. The van der Waals surface area contributed by atoms with E-state index < -0.39 is 0 Å². The Kier molecular flexibility index (Phi) is 7.19. The number of carbonyl (C=O) groups excluding carboxylic acids is 1. The third kappa shape index (κ3) is 5.43. The lowest BCUT2D eigenvalue weighted by molar-refractivity contribution is -0.125. The number of rotatable bonds is 8. The smallest absolute Gasteiger partial charge is 0.234 e. The molecular formula is C25H38N8O2. The summed E-state index contributed by atoms with van der Waals surface area (Å²) in [4.78, 5) is 26.9. The highest BCUT2D eigenvalue weighted by Crippen LogP contribution is 2.37. The molecule has 2 unspecified atom stereocenters. The van der Waals surface area contributed by atoms with Gasteiger partial charge in [-0.2, -0.15) is 10.1 Å². The summed E-state index contributed by atoms with van der Waals surface area (Å²) in [5, 5.41) is 13.6. The van der Waals surface area contributed by atoms with Gasteiger partial charge in [-0.15, -0.1) is 0 Å². The van der Waals surface area contributed by atoms with Gasteiger partial charge in [0.1, 0.15) is 5.82 Å². The fourth-order valence-electron chi connectivity index (χ4n) is 5.87. The number of nitrogens with one attached hydrogen (secondary N) is 3. The minimum absolute atomic E-state index is 0.00456. The second-order valence-corrected chi connectivity index (χ2v) is 10.1. The molecule has 2 bridgehead atoms. The number of aryl methyl sites for hydroxylation is 1. The first-order valence-corrected chi connectivity index (χ1v) is 13.0. The first-order valence-electron chi connectivity index (χ1n) is 13.0. The normalized spacial score (nSPS) is 26.5. The Balaban J connectivity index is 1.36. The van der Waals surface area contributed by atoms with E-state index in [0.29, 0.717) is 37.2 Å². The van der Waals surface area contributed by atoms with Crippen LogP contribution in [0, 0.1) is 6.92 Å². The number of ether oxygens (including phenoxy) is 1. The molecule has 5 heterocycles. The van der Waals surface area contributed by atoms with E-state index in [4.69, 9.17) is 14.7 Å². The van der Waals surface area contributed by atoms with E-state index in [2.05, 4.69) is 37.7 Å². The fourth-order valence-corrected chi connectivity index (χ4v) is 5.87. The van der Waals surface area contributed by atoms with E-state index in [-0.39, 0.29) is 12.0 Å². The molecule has 10 nitrogen and oxygen atoms in total. The molecule has 5 rings (SSSR count). The van der Waals surface area contributed by atoms with Gasteiger partial charge in [0.05, 0.1) is 18.3 Å². The standard InChI is InChI=1S/C25H38N8O2/c1-4-26-24(34)15-33-17-7-5-8-18(33)13-19(12-17)32(3)25-27-20(21-9-6-10-35-21)14-22(29-25)28-23-11-16(2)30-31-23/h11,14,17-19,21H,4-10,12-13,15H2,1-3H3,(H,26,34)(H2,27,28,29,30,31)/t17-,18+,19?,21?. The summed E-state index contributed by atoms with van der Waals surface area (Å²) in [5.74, 6) is 2.31. The van der Waals surface area contributed by atoms with E-state index in [0.717, 1.165) is 68.2 Å². The molecule has 4 atom stereocenters. The average molecular weight is 483 g/mol. The monoisotopic (exact) mass is 482 g/mol. The van der Waals surface area contributed by atoms with Gasteiger partial charge < -0.3 is 20.3 Å². The maximum absolute atomic E-state index is 12.3. The number of likely N-dealkylation sites (N-methyl/N-ethyl adjacent to an activating group) is 1. The zero-order valence-corrected chi connectivity index (χ0v) is 21.1. The van der Waals surface area contributed by atoms with E-state index >= 15 is 0 Å². The molecule has 10 heteroatoms. The van der Waals surface area contributed by atoms with Crippen LogP contribution in [0.4, 0.5) is 17.6 Å². The number of fused-ring (bicyclic) bond motifs is 2. The number of nitrogens with zero attached hydrogens (tertiary/aromatic N) is 5. The summed E-state index contributed by atoms with van der Waals surface area (Å²) in [6.07, 6.45) is 7.58. The van der Waals surface area contributed by atoms with Crippen molar-refractivity contribution in [2.75, 3.05) is 37.0 Å². The lowest BCUT2D eigenvalue weighted by atomic mass is 9.81. The quantitative estimate of drug-likeness (QED) is 0.526. The molecule has 35 heavy (non-hydrogen) atoms. The van der Waals surface area contributed by atoms with Gasteiger partial charge in [-0.25, -0.2) is 4.98 Å². The number of carbonyl (C=O) groups is 1. The molecule has 0 saturated carbocycles. The molecule has 0 aliphatic carbocycles. The minimum atomic E-state index is 0.00456. The largest absolute Gasteiger partial charge is 0.372 e. The minimum Gasteiger partial charge on any atom is -0.372 e. The second kappa shape index (κ2) is 10.5. The van der Waals surface area contributed by atoms with Crippen molar-refractivity contribution in [3.05, 3.63) is 23.5 Å². The number of hydrogen-bond donors (Lipinski definition) is 3. The Hall–Kier alpha value is -2.72. The SMILES string of the molecule is CCNC(=O)CN1[C@@H]2CCC[C@H]1CC(N(C)c1nc(Nc3cc(C)[nH]n3)cc(C3CCCO3)n1)C2. The van der Waals surface area contributed by atoms with E-state index in [1.807, 2.05) is 26.0 Å². The molecule has 2 aromatic rings. The number of aromatic nitrogens is 4. The molecule has 0 radical (unpaired) electrons. The summed E-state index contributed by atoms with van der Waals surface area (Å²) in [5.41, 5.74) is 1.91. The average Bonchev–Trinajstić information content (AvgIpc) is 3.50. The summed E-state index contributed by atoms with van der Waals surface area (Å²) < 4.78 is 5.96. The zero-order valence-electron chi connectivity index (χ0n) is 21.1. The highest BCUT2D eigenvalue weighted by Gasteiger charge is 2.40. The molecule has 0 spiro atoms. The lowest BCUT2D eigenvalue weighted by Gasteiger charge is -2.50. The fraction of sp³-hybridized carbons (Fsp3) is 0.680. The molecule has 3 N–H and O–H groups in total. The Morgan fingerprint density at radius 2 is 1.97 bits per heavy atom. The third-order valence-electron chi connectivity index (χ3n) is 7.62. The van der Waals surface area contributed by atoms with E-state index in [1.54, 1.807) is 0 Å². The third-order valence-corrected chi connectivity index (χ3v) is 7.62. The summed E-state index contributed by atoms with van der Waals surface area (Å²) in [6, 6.07) is 5.12. The van der Waals surface area contributed by atoms with Crippen LogP contribution in [0.25, 0.3) is 0 Å². The Bertz CT molecular complexity index is 1010. The van der Waals surface area contributed by atoms with Crippen LogP contribution in [-0.4, -0.2) is 75.8 Å². The first kappa shape index (κ1) is 24.0. The number of H-pyrrole nitrogens is 1. The predicted molar refractivity (Wildman–Crippen MR) is 135 cm³/mol. The highest BCUT2D eigenvalue weighted by molar-refractivity contribution is 5.78. The van der Waals surface area contributed by atoms with Gasteiger partial charge in [-0.05, 0) is 52.4 Å². The molecule has 1 amide bonds. The van der Waals surface area contributed by atoms with E-state index in [9.17, 15) is 4.79 Å². The number of piperidine rings is 2. The molecule has 2 aromatic heterocycles. The van der Waals surface area contributed by atoms with Gasteiger partial charge >= 0.3 is 0 Å².